The first kappa shape index (κ1) is 14.5. The third kappa shape index (κ3) is 3.11. The van der Waals surface area contributed by atoms with Gasteiger partial charge in [-0.1, -0.05) is 26.0 Å². The van der Waals surface area contributed by atoms with Crippen LogP contribution in [0.1, 0.15) is 54.9 Å². The SMILES string of the molecule is CCC(NC(CC)c1nccs1)c1ccc2c(c1)CCO2. The zero-order chi connectivity index (χ0) is 14.7. The number of ether oxygens (including phenoxy) is 1. The Hall–Kier alpha value is -1.39. The zero-order valence-electron chi connectivity index (χ0n) is 12.6. The van der Waals surface area contributed by atoms with Gasteiger partial charge in [-0.3, -0.25) is 0 Å². The summed E-state index contributed by atoms with van der Waals surface area (Å²) in [5.74, 6) is 1.06. The van der Waals surface area contributed by atoms with Crippen LogP contribution in [0.2, 0.25) is 0 Å². The molecule has 1 N–H and O–H groups in total. The van der Waals surface area contributed by atoms with Gasteiger partial charge in [0.25, 0.3) is 0 Å². The van der Waals surface area contributed by atoms with E-state index < -0.39 is 0 Å². The molecule has 112 valence electrons. The van der Waals surface area contributed by atoms with Crippen LogP contribution in [0.5, 0.6) is 5.75 Å². The average molecular weight is 302 g/mol. The number of hydrogen-bond donors (Lipinski definition) is 1. The molecule has 21 heavy (non-hydrogen) atoms. The second kappa shape index (κ2) is 6.58. The highest BCUT2D eigenvalue weighted by Gasteiger charge is 2.20. The summed E-state index contributed by atoms with van der Waals surface area (Å²) in [5, 5.41) is 7.00. The molecule has 3 nitrogen and oxygen atoms in total. The van der Waals surface area contributed by atoms with Crippen LogP contribution in [0.3, 0.4) is 0 Å². The summed E-state index contributed by atoms with van der Waals surface area (Å²) in [6, 6.07) is 7.31. The van der Waals surface area contributed by atoms with Gasteiger partial charge in [-0.2, -0.15) is 0 Å². The normalized spacial score (nSPS) is 16.3. The van der Waals surface area contributed by atoms with E-state index in [1.54, 1.807) is 11.3 Å². The molecule has 4 heteroatoms. The third-order valence-corrected chi connectivity index (χ3v) is 4.97. The molecule has 2 unspecified atom stereocenters. The summed E-state index contributed by atoms with van der Waals surface area (Å²) in [5.41, 5.74) is 2.70. The maximum atomic E-state index is 5.60. The van der Waals surface area contributed by atoms with E-state index >= 15 is 0 Å². The van der Waals surface area contributed by atoms with Crippen molar-refractivity contribution in [1.82, 2.24) is 10.3 Å². The van der Waals surface area contributed by atoms with Crippen LogP contribution in [-0.2, 0) is 6.42 Å². The van der Waals surface area contributed by atoms with Crippen LogP contribution in [0.15, 0.2) is 29.8 Å². The van der Waals surface area contributed by atoms with Crippen molar-refractivity contribution in [3.63, 3.8) is 0 Å². The highest BCUT2D eigenvalue weighted by atomic mass is 32.1. The molecule has 1 aliphatic rings. The van der Waals surface area contributed by atoms with E-state index in [0.29, 0.717) is 12.1 Å². The van der Waals surface area contributed by atoms with E-state index in [1.165, 1.54) is 16.1 Å². The van der Waals surface area contributed by atoms with Gasteiger partial charge in [0.05, 0.1) is 12.6 Å². The van der Waals surface area contributed by atoms with Gasteiger partial charge in [-0.25, -0.2) is 4.98 Å². The van der Waals surface area contributed by atoms with Crippen molar-refractivity contribution in [2.24, 2.45) is 0 Å². The lowest BCUT2D eigenvalue weighted by Gasteiger charge is -2.23. The first-order valence-electron chi connectivity index (χ1n) is 7.72. The Kier molecular flexibility index (Phi) is 4.56. The molecular formula is C17H22N2OS. The lowest BCUT2D eigenvalue weighted by atomic mass is 9.99. The van der Waals surface area contributed by atoms with Crippen molar-refractivity contribution < 1.29 is 4.74 Å². The Morgan fingerprint density at radius 3 is 2.86 bits per heavy atom. The molecule has 2 atom stereocenters. The van der Waals surface area contributed by atoms with Crippen LogP contribution >= 0.6 is 11.3 Å². The number of hydrogen-bond acceptors (Lipinski definition) is 4. The molecule has 0 saturated heterocycles. The molecule has 0 aliphatic carbocycles. The lowest BCUT2D eigenvalue weighted by molar-refractivity contribution is 0.356. The van der Waals surface area contributed by atoms with Crippen molar-refractivity contribution in [3.05, 3.63) is 45.9 Å². The maximum Gasteiger partial charge on any atom is 0.122 e. The number of aromatic nitrogens is 1. The molecule has 0 spiro atoms. The van der Waals surface area contributed by atoms with Crippen LogP contribution in [0.25, 0.3) is 0 Å². The number of benzene rings is 1. The third-order valence-electron chi connectivity index (χ3n) is 4.08. The second-order valence-electron chi connectivity index (χ2n) is 5.42. The smallest absolute Gasteiger partial charge is 0.122 e. The molecule has 0 bridgehead atoms. The van der Waals surface area contributed by atoms with Gasteiger partial charge in [0, 0.05) is 24.0 Å². The zero-order valence-corrected chi connectivity index (χ0v) is 13.5. The largest absolute Gasteiger partial charge is 0.493 e. The summed E-state index contributed by atoms with van der Waals surface area (Å²) < 4.78 is 5.60. The lowest BCUT2D eigenvalue weighted by Crippen LogP contribution is -2.25. The summed E-state index contributed by atoms with van der Waals surface area (Å²) in [7, 11) is 0. The Morgan fingerprint density at radius 1 is 1.29 bits per heavy atom. The molecule has 0 fully saturated rings. The van der Waals surface area contributed by atoms with Crippen molar-refractivity contribution in [3.8, 4) is 5.75 Å². The minimum atomic E-state index is 0.333. The molecule has 1 aromatic carbocycles. The van der Waals surface area contributed by atoms with Gasteiger partial charge in [-0.05, 0) is 30.0 Å². The topological polar surface area (TPSA) is 34.2 Å². The summed E-state index contributed by atoms with van der Waals surface area (Å²) in [4.78, 5) is 4.46. The minimum absolute atomic E-state index is 0.333. The fraction of sp³-hybridized carbons (Fsp3) is 0.471. The van der Waals surface area contributed by atoms with Gasteiger partial charge in [0.1, 0.15) is 10.8 Å². The Morgan fingerprint density at radius 2 is 2.14 bits per heavy atom. The summed E-state index contributed by atoms with van der Waals surface area (Å²) >= 11 is 1.73. The standard InChI is InChI=1S/C17H22N2OS/c1-3-14(19-15(4-2)17-18-8-10-21-17)12-5-6-16-13(11-12)7-9-20-16/h5-6,8,10-11,14-15,19H,3-4,7,9H2,1-2H3. The maximum absolute atomic E-state index is 5.60. The highest BCUT2D eigenvalue weighted by molar-refractivity contribution is 7.09. The highest BCUT2D eigenvalue weighted by Crippen LogP contribution is 2.31. The van der Waals surface area contributed by atoms with E-state index in [4.69, 9.17) is 4.74 Å². The van der Waals surface area contributed by atoms with Crippen molar-refractivity contribution in [1.29, 1.82) is 0 Å². The molecule has 0 radical (unpaired) electrons. The molecule has 2 heterocycles. The number of nitrogens with one attached hydrogen (secondary N) is 1. The van der Waals surface area contributed by atoms with Crippen LogP contribution in [-0.4, -0.2) is 11.6 Å². The van der Waals surface area contributed by atoms with Gasteiger partial charge in [0.2, 0.25) is 0 Å². The Balaban J connectivity index is 1.78. The number of fused-ring (bicyclic) bond motifs is 1. The summed E-state index contributed by atoms with van der Waals surface area (Å²) in [6.07, 6.45) is 5.04. The molecule has 1 aromatic heterocycles. The van der Waals surface area contributed by atoms with Gasteiger partial charge >= 0.3 is 0 Å². The molecule has 1 aliphatic heterocycles. The van der Waals surface area contributed by atoms with E-state index in [2.05, 4.69) is 42.3 Å². The number of nitrogens with zero attached hydrogens (tertiary/aromatic N) is 1. The summed E-state index contributed by atoms with van der Waals surface area (Å²) in [6.45, 7) is 5.26. The van der Waals surface area contributed by atoms with E-state index in [0.717, 1.165) is 31.6 Å². The average Bonchev–Trinajstić information content (AvgIpc) is 3.19. The van der Waals surface area contributed by atoms with Crippen LogP contribution in [0.4, 0.5) is 0 Å². The Labute approximate surface area is 130 Å². The van der Waals surface area contributed by atoms with Crippen molar-refractivity contribution >= 4 is 11.3 Å². The molecule has 2 aromatic rings. The van der Waals surface area contributed by atoms with E-state index in [1.807, 2.05) is 11.6 Å². The van der Waals surface area contributed by atoms with E-state index in [-0.39, 0.29) is 0 Å². The van der Waals surface area contributed by atoms with E-state index in [9.17, 15) is 0 Å². The van der Waals surface area contributed by atoms with Crippen LogP contribution < -0.4 is 10.1 Å². The molecular weight excluding hydrogens is 280 g/mol. The van der Waals surface area contributed by atoms with Gasteiger partial charge in [0.15, 0.2) is 0 Å². The predicted molar refractivity (Wildman–Crippen MR) is 87.0 cm³/mol. The minimum Gasteiger partial charge on any atom is -0.493 e. The quantitative estimate of drug-likeness (QED) is 0.865. The predicted octanol–water partition coefficient (Wildman–Crippen LogP) is 4.27. The fourth-order valence-corrected chi connectivity index (χ4v) is 3.67. The van der Waals surface area contributed by atoms with Crippen molar-refractivity contribution in [2.75, 3.05) is 6.61 Å². The fourth-order valence-electron chi connectivity index (χ4n) is 2.89. The number of rotatable bonds is 6. The van der Waals surface area contributed by atoms with Gasteiger partial charge in [-0.15, -0.1) is 11.3 Å². The monoisotopic (exact) mass is 302 g/mol. The first-order valence-corrected chi connectivity index (χ1v) is 8.60. The van der Waals surface area contributed by atoms with Crippen molar-refractivity contribution in [2.45, 2.75) is 45.2 Å². The molecule has 0 saturated carbocycles. The molecule has 3 rings (SSSR count). The first-order chi connectivity index (χ1) is 10.3. The Bertz CT molecular complexity index is 582. The molecule has 0 amide bonds. The van der Waals surface area contributed by atoms with Crippen LogP contribution in [0, 0.1) is 0 Å². The van der Waals surface area contributed by atoms with Gasteiger partial charge < -0.3 is 10.1 Å². The second-order valence-corrected chi connectivity index (χ2v) is 6.35. The number of thiazole rings is 1.